The zero-order chi connectivity index (χ0) is 16.8. The number of aliphatic hydroxyl groups excluding tert-OH is 1. The number of aromatic nitrogens is 4. The highest BCUT2D eigenvalue weighted by molar-refractivity contribution is 5.42. The molecule has 0 aromatic carbocycles. The van der Waals surface area contributed by atoms with Crippen LogP contribution in [0.2, 0.25) is 0 Å². The summed E-state index contributed by atoms with van der Waals surface area (Å²) in [5.41, 5.74) is 1.08. The van der Waals surface area contributed by atoms with E-state index in [2.05, 4.69) is 36.4 Å². The van der Waals surface area contributed by atoms with Crippen LogP contribution in [0.15, 0.2) is 16.9 Å². The van der Waals surface area contributed by atoms with Gasteiger partial charge < -0.3 is 19.8 Å². The van der Waals surface area contributed by atoms with E-state index < -0.39 is 0 Å². The number of nitrogens with zero attached hydrogens (tertiary/aromatic N) is 5. The van der Waals surface area contributed by atoms with Crippen LogP contribution in [0, 0.1) is 0 Å². The van der Waals surface area contributed by atoms with Gasteiger partial charge in [0.15, 0.2) is 0 Å². The molecule has 3 aliphatic rings. The lowest BCUT2D eigenvalue weighted by molar-refractivity contribution is 0.198. The molecule has 2 aliphatic carbocycles. The minimum absolute atomic E-state index is 0.244. The Morgan fingerprint density at radius 1 is 1.16 bits per heavy atom. The van der Waals surface area contributed by atoms with Crippen molar-refractivity contribution in [3.8, 4) is 0 Å². The standard InChI is InChI=1S/C17H22N6O2/c24-13-3-4-23(8-13)15-7-14(18-9-19-15)11-5-12(6-11)20-17-21-16(25-22-17)10-1-2-10/h7,9-13,24H,1-6,8H2,(H,20,22)/t11?,12?,13-/m1/s1. The quantitative estimate of drug-likeness (QED) is 0.846. The third-order valence-corrected chi connectivity index (χ3v) is 5.42. The number of anilines is 2. The Morgan fingerprint density at radius 3 is 2.80 bits per heavy atom. The topological polar surface area (TPSA) is 100 Å². The van der Waals surface area contributed by atoms with E-state index in [-0.39, 0.29) is 6.10 Å². The Bertz CT molecular complexity index is 755. The average Bonchev–Trinajstić information content (AvgIpc) is 3.17. The first-order chi connectivity index (χ1) is 12.2. The van der Waals surface area contributed by atoms with Gasteiger partial charge >= 0.3 is 0 Å². The summed E-state index contributed by atoms with van der Waals surface area (Å²) in [6, 6.07) is 2.43. The number of β-amino-alcohol motifs (C(OH)–C–C–N with tert-alkyl or cyclic N) is 1. The van der Waals surface area contributed by atoms with Gasteiger partial charge in [-0.05, 0) is 37.3 Å². The lowest BCUT2D eigenvalue weighted by Gasteiger charge is -2.35. The summed E-state index contributed by atoms with van der Waals surface area (Å²) in [6.07, 6.45) is 6.54. The molecule has 0 amide bonds. The van der Waals surface area contributed by atoms with Crippen LogP contribution >= 0.6 is 0 Å². The first-order valence-corrected chi connectivity index (χ1v) is 9.09. The number of rotatable bonds is 5. The monoisotopic (exact) mass is 342 g/mol. The van der Waals surface area contributed by atoms with E-state index >= 15 is 0 Å². The molecule has 5 rings (SSSR count). The average molecular weight is 342 g/mol. The third-order valence-electron chi connectivity index (χ3n) is 5.42. The number of hydrogen-bond donors (Lipinski definition) is 2. The Morgan fingerprint density at radius 2 is 2.04 bits per heavy atom. The second-order valence-electron chi connectivity index (χ2n) is 7.43. The normalized spacial score (nSPS) is 28.8. The van der Waals surface area contributed by atoms with Crippen LogP contribution in [-0.4, -0.2) is 50.5 Å². The van der Waals surface area contributed by atoms with Crippen molar-refractivity contribution in [1.29, 1.82) is 0 Å². The summed E-state index contributed by atoms with van der Waals surface area (Å²) >= 11 is 0. The van der Waals surface area contributed by atoms with E-state index in [0.717, 1.165) is 56.1 Å². The maximum absolute atomic E-state index is 9.70. The molecule has 2 N–H and O–H groups in total. The molecular weight excluding hydrogens is 320 g/mol. The number of nitrogens with one attached hydrogen (secondary N) is 1. The lowest BCUT2D eigenvalue weighted by atomic mass is 9.78. The van der Waals surface area contributed by atoms with Gasteiger partial charge in [0.2, 0.25) is 5.89 Å². The molecule has 0 radical (unpaired) electrons. The Balaban J connectivity index is 1.18. The van der Waals surface area contributed by atoms with Crippen LogP contribution in [0.3, 0.4) is 0 Å². The SMILES string of the molecule is O[C@@H]1CCN(c2cc(C3CC(Nc4noc(C5CC5)n4)C3)ncn2)C1. The zero-order valence-electron chi connectivity index (χ0n) is 14.0. The lowest BCUT2D eigenvalue weighted by Crippen LogP contribution is -2.35. The van der Waals surface area contributed by atoms with Gasteiger partial charge in [-0.2, -0.15) is 4.98 Å². The van der Waals surface area contributed by atoms with Crippen molar-refractivity contribution in [2.24, 2.45) is 0 Å². The van der Waals surface area contributed by atoms with Gasteiger partial charge in [0, 0.05) is 42.7 Å². The minimum atomic E-state index is -0.244. The second-order valence-corrected chi connectivity index (χ2v) is 7.43. The molecule has 3 fully saturated rings. The van der Waals surface area contributed by atoms with E-state index in [4.69, 9.17) is 4.52 Å². The zero-order valence-corrected chi connectivity index (χ0v) is 14.0. The molecular formula is C17H22N6O2. The van der Waals surface area contributed by atoms with Crippen LogP contribution in [0.5, 0.6) is 0 Å². The Labute approximate surface area is 145 Å². The second kappa shape index (κ2) is 5.94. The highest BCUT2D eigenvalue weighted by Crippen LogP contribution is 2.40. The fraction of sp³-hybridized carbons (Fsp3) is 0.647. The molecule has 1 saturated heterocycles. The van der Waals surface area contributed by atoms with Crippen LogP contribution in [0.4, 0.5) is 11.8 Å². The van der Waals surface area contributed by atoms with Crippen molar-refractivity contribution in [2.75, 3.05) is 23.3 Å². The molecule has 3 heterocycles. The van der Waals surface area contributed by atoms with Gasteiger partial charge in [-0.25, -0.2) is 9.97 Å². The molecule has 1 atom stereocenters. The van der Waals surface area contributed by atoms with E-state index in [1.807, 2.05) is 0 Å². The fourth-order valence-corrected chi connectivity index (χ4v) is 3.66. The van der Waals surface area contributed by atoms with E-state index in [0.29, 0.717) is 30.4 Å². The fourth-order valence-electron chi connectivity index (χ4n) is 3.66. The van der Waals surface area contributed by atoms with Gasteiger partial charge in [-0.3, -0.25) is 0 Å². The molecule has 0 unspecified atom stereocenters. The van der Waals surface area contributed by atoms with Gasteiger partial charge in [0.1, 0.15) is 12.1 Å². The minimum Gasteiger partial charge on any atom is -0.391 e. The molecule has 1 aliphatic heterocycles. The van der Waals surface area contributed by atoms with E-state index in [1.165, 1.54) is 0 Å². The summed E-state index contributed by atoms with van der Waals surface area (Å²) in [5, 5.41) is 17.1. The highest BCUT2D eigenvalue weighted by Gasteiger charge is 2.34. The van der Waals surface area contributed by atoms with Crippen molar-refractivity contribution in [3.63, 3.8) is 0 Å². The van der Waals surface area contributed by atoms with Crippen molar-refractivity contribution in [1.82, 2.24) is 20.1 Å². The number of hydrogen-bond acceptors (Lipinski definition) is 8. The smallest absolute Gasteiger partial charge is 0.263 e. The molecule has 132 valence electrons. The van der Waals surface area contributed by atoms with Crippen LogP contribution in [-0.2, 0) is 0 Å². The van der Waals surface area contributed by atoms with Gasteiger partial charge in [0.05, 0.1) is 6.10 Å². The van der Waals surface area contributed by atoms with E-state index in [1.54, 1.807) is 6.33 Å². The third kappa shape index (κ3) is 3.06. The van der Waals surface area contributed by atoms with E-state index in [9.17, 15) is 5.11 Å². The molecule has 8 heteroatoms. The van der Waals surface area contributed by atoms with Crippen molar-refractivity contribution in [3.05, 3.63) is 24.0 Å². The predicted octanol–water partition coefficient (Wildman–Crippen LogP) is 1.67. The summed E-state index contributed by atoms with van der Waals surface area (Å²) in [5.74, 6) is 3.22. The van der Waals surface area contributed by atoms with Crippen LogP contribution < -0.4 is 10.2 Å². The molecule has 8 nitrogen and oxygen atoms in total. The van der Waals surface area contributed by atoms with Crippen molar-refractivity contribution in [2.45, 2.75) is 56.1 Å². The van der Waals surface area contributed by atoms with Crippen LogP contribution in [0.25, 0.3) is 0 Å². The Kier molecular flexibility index (Phi) is 3.58. The molecule has 2 aromatic heterocycles. The summed E-state index contributed by atoms with van der Waals surface area (Å²) in [6.45, 7) is 1.51. The molecule has 0 bridgehead atoms. The van der Waals surface area contributed by atoms with Gasteiger partial charge in [-0.1, -0.05) is 0 Å². The van der Waals surface area contributed by atoms with Crippen LogP contribution in [0.1, 0.15) is 55.5 Å². The molecule has 2 saturated carbocycles. The van der Waals surface area contributed by atoms with Gasteiger partial charge in [-0.15, -0.1) is 0 Å². The molecule has 2 aromatic rings. The maximum atomic E-state index is 9.70. The molecule has 25 heavy (non-hydrogen) atoms. The highest BCUT2D eigenvalue weighted by atomic mass is 16.5. The Hall–Kier alpha value is -2.22. The first-order valence-electron chi connectivity index (χ1n) is 9.09. The van der Waals surface area contributed by atoms with Gasteiger partial charge in [0.25, 0.3) is 5.95 Å². The summed E-state index contributed by atoms with van der Waals surface area (Å²) in [4.78, 5) is 15.4. The van der Waals surface area contributed by atoms with Crippen molar-refractivity contribution < 1.29 is 9.63 Å². The first kappa shape index (κ1) is 15.1. The van der Waals surface area contributed by atoms with Crippen molar-refractivity contribution >= 4 is 11.8 Å². The summed E-state index contributed by atoms with van der Waals surface area (Å²) in [7, 11) is 0. The summed E-state index contributed by atoms with van der Waals surface area (Å²) < 4.78 is 5.28. The predicted molar refractivity (Wildman–Crippen MR) is 90.5 cm³/mol. The maximum Gasteiger partial charge on any atom is 0.263 e. The largest absolute Gasteiger partial charge is 0.391 e. The molecule has 0 spiro atoms. The number of aliphatic hydroxyl groups is 1.